The largest absolute Gasteiger partial charge is 3.00 e. The van der Waals surface area contributed by atoms with Crippen molar-refractivity contribution >= 4 is 10.8 Å². The predicted octanol–water partition coefficient (Wildman–Crippen LogP) is 1.76. The molecule has 0 bridgehead atoms. The van der Waals surface area contributed by atoms with E-state index in [9.17, 15) is 0 Å². The van der Waals surface area contributed by atoms with Gasteiger partial charge in [0.15, 0.2) is 0 Å². The van der Waals surface area contributed by atoms with Crippen molar-refractivity contribution in [2.45, 2.75) is 39.3 Å². The van der Waals surface area contributed by atoms with E-state index >= 15 is 0 Å². The van der Waals surface area contributed by atoms with Crippen LogP contribution in [0.1, 0.15) is 37.5 Å². The summed E-state index contributed by atoms with van der Waals surface area (Å²) in [6, 6.07) is 28.8. The van der Waals surface area contributed by atoms with E-state index in [0.717, 1.165) is 13.0 Å². The Morgan fingerprint density at radius 3 is 2.06 bits per heavy atom. The van der Waals surface area contributed by atoms with Crippen molar-refractivity contribution in [3.8, 4) is 22.3 Å². The number of hydrogen-bond donors (Lipinski definition) is 0. The molecular weight excluding hydrogens is 469 g/mol. The van der Waals surface area contributed by atoms with Gasteiger partial charge in [0, 0.05) is 0 Å². The molecule has 0 heterocycles. The van der Waals surface area contributed by atoms with Gasteiger partial charge in [-0.15, -0.1) is 12.1 Å². The van der Waals surface area contributed by atoms with Crippen LogP contribution in [0.4, 0.5) is 0 Å². The first-order valence-electron chi connectivity index (χ1n) is 10.4. The van der Waals surface area contributed by atoms with Crippen molar-refractivity contribution in [3.63, 3.8) is 0 Å². The third-order valence-corrected chi connectivity index (χ3v) is 5.89. The fraction of sp³-hybridized carbons (Fsp3) is 0.214. The Labute approximate surface area is 218 Å². The summed E-state index contributed by atoms with van der Waals surface area (Å²) in [6.45, 7) is 7.26. The standard InChI is InChI=1S/C28H26N.2ClH.Ti/c1-28(2,3)29-18-27-21-11-6-4-9-19(21)15-16-25(27)24-14-8-13-23-22-12-7-5-10-20(22)17-26(23)24;;;/h4-16H,17-18H2,1-3H3;2*1H;/q-1;;;+3/p-2. The number of rotatable bonds is 3. The maximum Gasteiger partial charge on any atom is 3.00 e. The Balaban J connectivity index is 0.00000121. The summed E-state index contributed by atoms with van der Waals surface area (Å²) in [7, 11) is 0. The summed E-state index contributed by atoms with van der Waals surface area (Å²) in [6.07, 6.45) is 1.00. The average Bonchev–Trinajstić information content (AvgIpc) is 3.10. The molecule has 1 aliphatic rings. The van der Waals surface area contributed by atoms with Crippen LogP contribution in [0.3, 0.4) is 0 Å². The van der Waals surface area contributed by atoms with E-state index in [4.69, 9.17) is 5.32 Å². The molecule has 4 aromatic carbocycles. The zero-order chi connectivity index (χ0) is 20.0. The maximum absolute atomic E-state index is 5.00. The van der Waals surface area contributed by atoms with Crippen LogP contribution in [-0.2, 0) is 34.7 Å². The van der Waals surface area contributed by atoms with Crippen molar-refractivity contribution in [3.05, 3.63) is 101 Å². The van der Waals surface area contributed by atoms with Gasteiger partial charge in [0.1, 0.15) is 0 Å². The third-order valence-electron chi connectivity index (χ3n) is 5.89. The minimum Gasteiger partial charge on any atom is -1.00 e. The van der Waals surface area contributed by atoms with Gasteiger partial charge in [-0.2, -0.15) is 0 Å². The molecule has 0 atom stereocenters. The normalized spacial score (nSPS) is 11.6. The minimum absolute atomic E-state index is 0. The monoisotopic (exact) mass is 494 g/mol. The molecule has 4 aromatic rings. The smallest absolute Gasteiger partial charge is 1.00 e. The summed E-state index contributed by atoms with van der Waals surface area (Å²) in [5.41, 5.74) is 9.59. The van der Waals surface area contributed by atoms with E-state index in [2.05, 4.69) is 99.6 Å². The summed E-state index contributed by atoms with van der Waals surface area (Å²) in [5.74, 6) is 0. The molecule has 0 aromatic heterocycles. The van der Waals surface area contributed by atoms with E-state index in [0.29, 0.717) is 0 Å². The topological polar surface area (TPSA) is 14.1 Å². The van der Waals surface area contributed by atoms with Gasteiger partial charge in [0.2, 0.25) is 0 Å². The van der Waals surface area contributed by atoms with Gasteiger partial charge in [0.05, 0.1) is 0 Å². The van der Waals surface area contributed by atoms with Gasteiger partial charge in [-0.3, -0.25) is 0 Å². The molecular formula is C28H26Cl2NTi. The van der Waals surface area contributed by atoms with Crippen LogP contribution in [-0.4, -0.2) is 5.54 Å². The number of benzene rings is 4. The van der Waals surface area contributed by atoms with Crippen molar-refractivity contribution in [1.29, 1.82) is 0 Å². The third kappa shape index (κ3) is 4.98. The maximum atomic E-state index is 5.00. The Hall–Kier alpha value is -1.61. The molecule has 32 heavy (non-hydrogen) atoms. The van der Waals surface area contributed by atoms with E-state index in [1.807, 2.05) is 0 Å². The van der Waals surface area contributed by atoms with Crippen LogP contribution in [0.25, 0.3) is 38.3 Å². The molecule has 0 N–H and O–H groups in total. The summed E-state index contributed by atoms with van der Waals surface area (Å²) >= 11 is 0. The molecule has 0 fully saturated rings. The Kier molecular flexibility index (Phi) is 8.78. The van der Waals surface area contributed by atoms with Crippen LogP contribution >= 0.6 is 0 Å². The molecule has 4 heteroatoms. The molecule has 1 radical (unpaired) electrons. The second-order valence-electron chi connectivity index (χ2n) is 8.97. The zero-order valence-corrected chi connectivity index (χ0v) is 21.7. The van der Waals surface area contributed by atoms with Crippen molar-refractivity contribution in [1.82, 2.24) is 0 Å². The van der Waals surface area contributed by atoms with Gasteiger partial charge >= 0.3 is 21.7 Å². The molecule has 0 saturated carbocycles. The molecule has 0 spiro atoms. The van der Waals surface area contributed by atoms with Crippen LogP contribution < -0.4 is 24.8 Å². The van der Waals surface area contributed by atoms with Gasteiger partial charge in [-0.05, 0) is 50.6 Å². The molecule has 5 rings (SSSR count). The Morgan fingerprint density at radius 2 is 1.31 bits per heavy atom. The molecule has 0 amide bonds. The van der Waals surface area contributed by atoms with Crippen molar-refractivity contribution in [2.24, 2.45) is 0 Å². The predicted molar refractivity (Wildman–Crippen MR) is 124 cm³/mol. The summed E-state index contributed by atoms with van der Waals surface area (Å²) < 4.78 is 0. The molecule has 1 nitrogen and oxygen atoms in total. The number of fused-ring (bicyclic) bond motifs is 4. The van der Waals surface area contributed by atoms with E-state index in [-0.39, 0.29) is 52.1 Å². The van der Waals surface area contributed by atoms with Crippen molar-refractivity contribution in [2.75, 3.05) is 0 Å². The number of nitrogens with zero attached hydrogens (tertiary/aromatic N) is 1. The zero-order valence-electron chi connectivity index (χ0n) is 18.6. The molecule has 0 saturated heterocycles. The first kappa shape index (κ1) is 26.6. The molecule has 1 aliphatic carbocycles. The van der Waals surface area contributed by atoms with Gasteiger partial charge in [0.25, 0.3) is 0 Å². The molecule has 161 valence electrons. The SMILES string of the molecule is CC(C)(C)[N-]Cc1c(-c2cccc3c2Cc2ccccc2-3)ccc2ccccc12.[Cl-].[Cl-].[Ti+3]. The second-order valence-corrected chi connectivity index (χ2v) is 8.97. The first-order chi connectivity index (χ1) is 14.0. The quantitative estimate of drug-likeness (QED) is 0.339. The Bertz CT molecular complexity index is 1230. The van der Waals surface area contributed by atoms with E-state index in [1.54, 1.807) is 0 Å². The first-order valence-corrected chi connectivity index (χ1v) is 10.4. The van der Waals surface area contributed by atoms with Crippen LogP contribution in [0.2, 0.25) is 0 Å². The number of hydrogen-bond acceptors (Lipinski definition) is 0. The number of halogens is 2. The second kappa shape index (κ2) is 10.6. The van der Waals surface area contributed by atoms with Crippen LogP contribution in [0.5, 0.6) is 0 Å². The summed E-state index contributed by atoms with van der Waals surface area (Å²) in [5, 5.41) is 7.59. The van der Waals surface area contributed by atoms with E-state index in [1.165, 1.54) is 49.7 Å². The minimum atomic E-state index is -0.0525. The molecule has 0 aliphatic heterocycles. The van der Waals surface area contributed by atoms with E-state index < -0.39 is 0 Å². The Morgan fingerprint density at radius 1 is 0.688 bits per heavy atom. The average molecular weight is 495 g/mol. The van der Waals surface area contributed by atoms with Crippen LogP contribution in [0, 0.1) is 0 Å². The van der Waals surface area contributed by atoms with Crippen molar-refractivity contribution < 1.29 is 46.5 Å². The van der Waals surface area contributed by atoms with Gasteiger partial charge in [-0.25, -0.2) is 0 Å². The van der Waals surface area contributed by atoms with Crippen LogP contribution in [0.15, 0.2) is 78.9 Å². The molecule has 0 unspecified atom stereocenters. The van der Waals surface area contributed by atoms with Gasteiger partial charge in [-0.1, -0.05) is 105 Å². The fourth-order valence-corrected chi connectivity index (χ4v) is 4.48. The fourth-order valence-electron chi connectivity index (χ4n) is 4.48. The summed E-state index contributed by atoms with van der Waals surface area (Å²) in [4.78, 5) is 0. The van der Waals surface area contributed by atoms with Gasteiger partial charge < -0.3 is 30.1 Å².